The molecular weight excluding hydrogens is 252 g/mol. The number of hydrogen-bond donors (Lipinski definition) is 2. The molecule has 106 valence electrons. The van der Waals surface area contributed by atoms with E-state index >= 15 is 0 Å². The van der Waals surface area contributed by atoms with Gasteiger partial charge in [0.2, 0.25) is 12.2 Å². The molecule has 7 nitrogen and oxygen atoms in total. The second-order valence-electron chi connectivity index (χ2n) is 4.60. The Balaban J connectivity index is 2.02. The molecule has 0 bridgehead atoms. The predicted molar refractivity (Wildman–Crippen MR) is 65.1 cm³/mol. The zero-order valence-corrected chi connectivity index (χ0v) is 11.0. The molecule has 2 N–H and O–H groups in total. The van der Waals surface area contributed by atoms with Gasteiger partial charge in [0.05, 0.1) is 0 Å². The van der Waals surface area contributed by atoms with Gasteiger partial charge in [-0.2, -0.15) is 0 Å². The Morgan fingerprint density at radius 2 is 2.11 bits per heavy atom. The van der Waals surface area contributed by atoms with E-state index in [1.165, 1.54) is 13.2 Å². The number of amides is 1. The lowest BCUT2D eigenvalue weighted by Crippen LogP contribution is -2.52. The molecule has 0 aromatic carbocycles. The molecule has 0 aromatic rings. The van der Waals surface area contributed by atoms with Gasteiger partial charge in [-0.1, -0.05) is 0 Å². The van der Waals surface area contributed by atoms with Crippen molar-refractivity contribution in [1.82, 2.24) is 10.6 Å². The van der Waals surface area contributed by atoms with Crippen LogP contribution in [-0.4, -0.2) is 44.1 Å². The highest BCUT2D eigenvalue weighted by molar-refractivity contribution is 5.93. The Labute approximate surface area is 111 Å². The quantitative estimate of drug-likeness (QED) is 0.565. The minimum Gasteiger partial charge on any atom is -0.404 e. The van der Waals surface area contributed by atoms with Crippen molar-refractivity contribution < 1.29 is 23.8 Å². The average Bonchev–Trinajstić information content (AvgIpc) is 2.65. The van der Waals surface area contributed by atoms with Crippen LogP contribution in [-0.2, 0) is 19.0 Å². The lowest BCUT2D eigenvalue weighted by Gasteiger charge is -2.35. The fraction of sp³-hybridized carbons (Fsp3) is 0.667. The normalized spacial score (nSPS) is 22.6. The van der Waals surface area contributed by atoms with Gasteiger partial charge in [0, 0.05) is 13.2 Å². The minimum absolute atomic E-state index is 0.246. The third-order valence-electron chi connectivity index (χ3n) is 3.34. The van der Waals surface area contributed by atoms with E-state index in [1.54, 1.807) is 6.92 Å². The first-order chi connectivity index (χ1) is 9.05. The van der Waals surface area contributed by atoms with Crippen molar-refractivity contribution in [1.29, 1.82) is 0 Å². The first-order valence-corrected chi connectivity index (χ1v) is 6.22. The van der Waals surface area contributed by atoms with Crippen LogP contribution in [0.25, 0.3) is 0 Å². The van der Waals surface area contributed by atoms with E-state index in [-0.39, 0.29) is 5.91 Å². The van der Waals surface area contributed by atoms with Crippen molar-refractivity contribution >= 4 is 12.1 Å². The average molecular weight is 270 g/mol. The maximum Gasteiger partial charge on any atom is 0.515 e. The van der Waals surface area contributed by atoms with Crippen molar-refractivity contribution in [3.8, 4) is 0 Å². The molecule has 1 unspecified atom stereocenters. The highest BCUT2D eigenvalue weighted by Crippen LogP contribution is 2.32. The van der Waals surface area contributed by atoms with Crippen LogP contribution in [0.15, 0.2) is 11.8 Å². The molecule has 1 atom stereocenters. The number of ether oxygens (including phenoxy) is 3. The number of carbonyl (C=O) groups is 2. The molecule has 0 saturated carbocycles. The van der Waals surface area contributed by atoms with Crippen molar-refractivity contribution in [2.45, 2.75) is 31.6 Å². The van der Waals surface area contributed by atoms with Gasteiger partial charge in [0.15, 0.2) is 0 Å². The summed E-state index contributed by atoms with van der Waals surface area (Å²) in [6.45, 7) is 3.09. The zero-order valence-electron chi connectivity index (χ0n) is 11.0. The van der Waals surface area contributed by atoms with Gasteiger partial charge in [-0.25, -0.2) is 4.79 Å². The first-order valence-electron chi connectivity index (χ1n) is 6.22. The van der Waals surface area contributed by atoms with Gasteiger partial charge in [-0.05, 0) is 32.9 Å². The number of piperidine rings is 1. The van der Waals surface area contributed by atoms with Crippen LogP contribution >= 0.6 is 0 Å². The molecule has 1 fully saturated rings. The van der Waals surface area contributed by atoms with E-state index in [0.29, 0.717) is 18.6 Å². The van der Waals surface area contributed by atoms with Gasteiger partial charge in [0.1, 0.15) is 11.3 Å². The summed E-state index contributed by atoms with van der Waals surface area (Å²) in [4.78, 5) is 23.1. The van der Waals surface area contributed by atoms with Crippen LogP contribution in [0.2, 0.25) is 0 Å². The molecule has 1 amide bonds. The lowest BCUT2D eigenvalue weighted by atomic mass is 9.88. The summed E-state index contributed by atoms with van der Waals surface area (Å²) in [5.74, 6) is 0.0804. The maximum atomic E-state index is 11.6. The van der Waals surface area contributed by atoms with Gasteiger partial charge < -0.3 is 24.8 Å². The van der Waals surface area contributed by atoms with Crippen LogP contribution in [0.1, 0.15) is 19.8 Å². The zero-order chi connectivity index (χ0) is 13.9. The Morgan fingerprint density at radius 3 is 2.74 bits per heavy atom. The third-order valence-corrected chi connectivity index (χ3v) is 3.34. The number of methoxy groups -OCH3 is 1. The summed E-state index contributed by atoms with van der Waals surface area (Å²) in [6.07, 6.45) is 1.11. The molecule has 0 radical (unpaired) electrons. The fourth-order valence-electron chi connectivity index (χ4n) is 2.24. The van der Waals surface area contributed by atoms with Crippen LogP contribution < -0.4 is 10.6 Å². The van der Waals surface area contributed by atoms with Crippen molar-refractivity contribution in [3.05, 3.63) is 11.8 Å². The SMILES string of the molecule is COC(C)OC(=O)OC1=CC(=O)NC12CCNCC2. The maximum absolute atomic E-state index is 11.6. The third kappa shape index (κ3) is 3.05. The molecule has 2 rings (SSSR count). The van der Waals surface area contributed by atoms with Gasteiger partial charge in [-0.3, -0.25) is 4.79 Å². The molecule has 2 heterocycles. The standard InChI is InChI=1S/C12H18N2O5/c1-8(17-2)18-11(16)19-9-7-10(15)14-12(9)3-5-13-6-4-12/h7-8,13H,3-6H2,1-2H3,(H,14,15). The van der Waals surface area contributed by atoms with Crippen LogP contribution in [0, 0.1) is 0 Å². The second kappa shape index (κ2) is 5.58. The number of hydrogen-bond acceptors (Lipinski definition) is 6. The molecule has 7 heteroatoms. The van der Waals surface area contributed by atoms with E-state index in [4.69, 9.17) is 14.2 Å². The van der Waals surface area contributed by atoms with Gasteiger partial charge in [-0.15, -0.1) is 0 Å². The summed E-state index contributed by atoms with van der Waals surface area (Å²) in [6, 6.07) is 0. The molecule has 2 aliphatic rings. The number of nitrogens with one attached hydrogen (secondary N) is 2. The predicted octanol–water partition coefficient (Wildman–Crippen LogP) is 0.268. The van der Waals surface area contributed by atoms with E-state index in [1.807, 2.05) is 0 Å². The Bertz CT molecular complexity index is 401. The molecular formula is C12H18N2O5. The van der Waals surface area contributed by atoms with E-state index in [2.05, 4.69) is 10.6 Å². The van der Waals surface area contributed by atoms with Crippen LogP contribution in [0.5, 0.6) is 0 Å². The van der Waals surface area contributed by atoms with Crippen molar-refractivity contribution in [2.24, 2.45) is 0 Å². The first kappa shape index (κ1) is 13.8. The van der Waals surface area contributed by atoms with Crippen LogP contribution in [0.4, 0.5) is 4.79 Å². The molecule has 19 heavy (non-hydrogen) atoms. The summed E-state index contributed by atoms with van der Waals surface area (Å²) in [5, 5.41) is 6.05. The van der Waals surface area contributed by atoms with Crippen molar-refractivity contribution in [3.63, 3.8) is 0 Å². The number of rotatable bonds is 3. The summed E-state index contributed by atoms with van der Waals surface area (Å²) >= 11 is 0. The van der Waals surface area contributed by atoms with Crippen LogP contribution in [0.3, 0.4) is 0 Å². The fourth-order valence-corrected chi connectivity index (χ4v) is 2.24. The highest BCUT2D eigenvalue weighted by Gasteiger charge is 2.44. The molecule has 2 aliphatic heterocycles. The lowest BCUT2D eigenvalue weighted by molar-refractivity contribution is -0.117. The summed E-state index contributed by atoms with van der Waals surface area (Å²) < 4.78 is 14.8. The van der Waals surface area contributed by atoms with Crippen molar-refractivity contribution in [2.75, 3.05) is 20.2 Å². The largest absolute Gasteiger partial charge is 0.515 e. The highest BCUT2D eigenvalue weighted by atomic mass is 16.8. The monoisotopic (exact) mass is 270 g/mol. The molecule has 0 aromatic heterocycles. The summed E-state index contributed by atoms with van der Waals surface area (Å²) in [7, 11) is 1.42. The number of carbonyl (C=O) groups excluding carboxylic acids is 2. The Kier molecular flexibility index (Phi) is 4.06. The topological polar surface area (TPSA) is 85.9 Å². The van der Waals surface area contributed by atoms with E-state index < -0.39 is 18.0 Å². The van der Waals surface area contributed by atoms with Gasteiger partial charge in [0.25, 0.3) is 0 Å². The molecule has 1 spiro atoms. The van der Waals surface area contributed by atoms with Gasteiger partial charge >= 0.3 is 6.16 Å². The Hall–Kier alpha value is -1.60. The minimum atomic E-state index is -0.866. The smallest absolute Gasteiger partial charge is 0.404 e. The van der Waals surface area contributed by atoms with E-state index in [9.17, 15) is 9.59 Å². The molecule has 0 aliphatic carbocycles. The summed E-state index contributed by atoms with van der Waals surface area (Å²) in [5.41, 5.74) is -0.586. The molecule has 1 saturated heterocycles. The second-order valence-corrected chi connectivity index (χ2v) is 4.60. The van der Waals surface area contributed by atoms with E-state index in [0.717, 1.165) is 13.1 Å². The Morgan fingerprint density at radius 1 is 1.42 bits per heavy atom.